The summed E-state index contributed by atoms with van der Waals surface area (Å²) < 4.78 is 0. The summed E-state index contributed by atoms with van der Waals surface area (Å²) >= 11 is -0.826. The second-order valence-corrected chi connectivity index (χ2v) is 14.7. The normalized spacial score (nSPS) is 24.7. The fraction of sp³-hybridized carbons (Fsp3) is 0.379. The minimum absolute atomic E-state index is 0.150. The zero-order chi connectivity index (χ0) is 23.8. The maximum absolute atomic E-state index is 4.93. The molecular formula is C29H34Cl2Zr+2. The van der Waals surface area contributed by atoms with E-state index in [0.717, 1.165) is 6.42 Å². The molecular weight excluding hydrogens is 510 g/mol. The molecule has 0 bridgehead atoms. The van der Waals surface area contributed by atoms with Gasteiger partial charge in [-0.15, -0.1) is 0 Å². The number of hydrogen-bond acceptors (Lipinski definition) is 0. The molecule has 0 aromatic heterocycles. The van der Waals surface area contributed by atoms with Crippen molar-refractivity contribution < 1.29 is 20.8 Å². The average Bonchev–Trinajstić information content (AvgIpc) is 3.18. The van der Waals surface area contributed by atoms with Gasteiger partial charge in [0, 0.05) is 29.6 Å². The van der Waals surface area contributed by atoms with Crippen molar-refractivity contribution in [2.45, 2.75) is 61.8 Å². The molecule has 4 aliphatic rings. The summed E-state index contributed by atoms with van der Waals surface area (Å²) in [5.74, 6) is 11.4. The summed E-state index contributed by atoms with van der Waals surface area (Å²) in [4.78, 5) is 0. The van der Waals surface area contributed by atoms with E-state index in [1.54, 1.807) is 0 Å². The molecule has 0 saturated heterocycles. The van der Waals surface area contributed by atoms with E-state index in [1.807, 2.05) is 0 Å². The molecule has 2 fully saturated rings. The van der Waals surface area contributed by atoms with Gasteiger partial charge in [-0.25, -0.2) is 0 Å². The predicted molar refractivity (Wildman–Crippen MR) is 136 cm³/mol. The van der Waals surface area contributed by atoms with Crippen LogP contribution in [-0.4, -0.2) is 0 Å². The van der Waals surface area contributed by atoms with E-state index >= 15 is 0 Å². The summed E-state index contributed by atoms with van der Waals surface area (Å²) in [6, 6.07) is 0. The van der Waals surface area contributed by atoms with E-state index in [9.17, 15) is 0 Å². The van der Waals surface area contributed by atoms with Crippen LogP contribution in [0.2, 0.25) is 0 Å². The summed E-state index contributed by atoms with van der Waals surface area (Å²) in [7, 11) is 9.87. The molecule has 3 heteroatoms. The maximum atomic E-state index is 4.93. The van der Waals surface area contributed by atoms with E-state index in [0.29, 0.717) is 0 Å². The quantitative estimate of drug-likeness (QED) is 0.326. The standard InChI is InChI=1S/C29H34.2ClH.Zr/c1-18-9-10-19(2)24(18)17-27-25-15-20(28(3,4)5)11-13-22(25)23-14-12-21(16-26(23)27)29(6,7)8;;;/h9-16H,17H2,1-8H3;2*1H;/q;;;+4/p-2. The second-order valence-electron chi connectivity index (χ2n) is 10.9. The van der Waals surface area contributed by atoms with Gasteiger partial charge in [0.25, 0.3) is 0 Å². The van der Waals surface area contributed by atoms with Gasteiger partial charge in [0.1, 0.15) is 0 Å². The first kappa shape index (κ1) is 27.0. The summed E-state index contributed by atoms with van der Waals surface area (Å²) in [6.45, 7) is 18.3. The Balaban J connectivity index is 0.000000913. The molecule has 4 rings (SSSR count). The van der Waals surface area contributed by atoms with Crippen molar-refractivity contribution in [1.29, 1.82) is 0 Å². The molecule has 0 aromatic carbocycles. The van der Waals surface area contributed by atoms with Crippen LogP contribution in [0.15, 0.2) is 47.6 Å². The summed E-state index contributed by atoms with van der Waals surface area (Å²) in [5, 5.41) is 0. The molecule has 166 valence electrons. The van der Waals surface area contributed by atoms with Gasteiger partial charge in [-0.2, -0.15) is 0 Å². The molecule has 0 amide bonds. The van der Waals surface area contributed by atoms with Gasteiger partial charge < -0.3 is 0 Å². The summed E-state index contributed by atoms with van der Waals surface area (Å²) in [6.07, 6.45) is 19.8. The Hall–Kier alpha value is 0.423. The van der Waals surface area contributed by atoms with E-state index in [4.69, 9.17) is 17.0 Å². The average molecular weight is 545 g/mol. The van der Waals surface area contributed by atoms with Gasteiger partial charge in [-0.05, 0) is 59.0 Å². The van der Waals surface area contributed by atoms with E-state index < -0.39 is 20.8 Å². The van der Waals surface area contributed by atoms with Gasteiger partial charge in [0.15, 0.2) is 0 Å². The Labute approximate surface area is 217 Å². The van der Waals surface area contributed by atoms with Crippen LogP contribution in [0.25, 0.3) is 0 Å². The van der Waals surface area contributed by atoms with Gasteiger partial charge in [-0.3, -0.25) is 0 Å². The molecule has 0 aliphatic heterocycles. The molecule has 4 aliphatic carbocycles. The third-order valence-electron chi connectivity index (χ3n) is 6.60. The van der Waals surface area contributed by atoms with Crippen LogP contribution < -0.4 is 0 Å². The van der Waals surface area contributed by atoms with Gasteiger partial charge in [0.05, 0.1) is 0 Å². The van der Waals surface area contributed by atoms with Crippen LogP contribution in [0.3, 0.4) is 0 Å². The van der Waals surface area contributed by atoms with Crippen LogP contribution in [0.5, 0.6) is 0 Å². The molecule has 32 heavy (non-hydrogen) atoms. The zero-order valence-electron chi connectivity index (χ0n) is 20.6. The number of hydrogen-bond donors (Lipinski definition) is 0. The fourth-order valence-electron chi connectivity index (χ4n) is 4.54. The van der Waals surface area contributed by atoms with Crippen molar-refractivity contribution in [1.82, 2.24) is 0 Å². The SMILES string of the molecule is C[C]1[CH][CH][C](C)[C]1C[C]1[C]2C=C(C(C)(C)C)C=C[C]2[C]2C=CC(C(C)(C)C)=C[C]21.[Cl][Zr+2][Cl]. The van der Waals surface area contributed by atoms with Crippen molar-refractivity contribution in [3.63, 3.8) is 0 Å². The van der Waals surface area contributed by atoms with Crippen LogP contribution in [-0.2, 0) is 20.8 Å². The monoisotopic (exact) mass is 542 g/mol. The van der Waals surface area contributed by atoms with E-state index in [2.05, 4.69) is 105 Å². The molecule has 0 nitrogen and oxygen atoms in total. The predicted octanol–water partition coefficient (Wildman–Crippen LogP) is 8.91. The number of fused-ring (bicyclic) bond motifs is 3. The first-order chi connectivity index (χ1) is 14.9. The topological polar surface area (TPSA) is 0 Å². The Morgan fingerprint density at radius 2 is 1.00 bits per heavy atom. The van der Waals surface area contributed by atoms with Crippen LogP contribution in [0.4, 0.5) is 0 Å². The number of rotatable bonds is 2. The third-order valence-corrected chi connectivity index (χ3v) is 6.60. The first-order valence-corrected chi connectivity index (χ1v) is 17.6. The molecule has 0 aromatic rings. The second kappa shape index (κ2) is 10.6. The Kier molecular flexibility index (Phi) is 8.94. The number of halogens is 2. The molecule has 10 radical (unpaired) electrons. The van der Waals surface area contributed by atoms with Crippen LogP contribution >= 0.6 is 17.0 Å². The first-order valence-electron chi connectivity index (χ1n) is 11.2. The van der Waals surface area contributed by atoms with Crippen LogP contribution in [0.1, 0.15) is 61.8 Å². The molecule has 0 N–H and O–H groups in total. The Bertz CT molecular complexity index is 714. The minimum atomic E-state index is -0.826. The van der Waals surface area contributed by atoms with E-state index in [-0.39, 0.29) is 10.8 Å². The number of allylic oxidation sites excluding steroid dienone is 8. The van der Waals surface area contributed by atoms with Crippen molar-refractivity contribution in [3.05, 3.63) is 108 Å². The molecule has 0 spiro atoms. The third kappa shape index (κ3) is 5.79. The van der Waals surface area contributed by atoms with Crippen LogP contribution in [0, 0.1) is 71.0 Å². The Morgan fingerprint density at radius 3 is 1.34 bits per heavy atom. The molecule has 2 saturated carbocycles. The van der Waals surface area contributed by atoms with Gasteiger partial charge in [0.2, 0.25) is 0 Å². The molecule has 0 unspecified atom stereocenters. The van der Waals surface area contributed by atoms with Crippen molar-refractivity contribution in [3.8, 4) is 0 Å². The van der Waals surface area contributed by atoms with Crippen molar-refractivity contribution in [2.24, 2.45) is 10.8 Å². The molecule has 0 heterocycles. The van der Waals surface area contributed by atoms with E-state index in [1.165, 1.54) is 58.5 Å². The Morgan fingerprint density at radius 1 is 0.625 bits per heavy atom. The molecule has 0 atom stereocenters. The van der Waals surface area contributed by atoms with Crippen molar-refractivity contribution >= 4 is 17.0 Å². The summed E-state index contributed by atoms with van der Waals surface area (Å²) in [5.41, 5.74) is 3.12. The fourth-order valence-corrected chi connectivity index (χ4v) is 4.54. The van der Waals surface area contributed by atoms with Crippen molar-refractivity contribution in [2.75, 3.05) is 0 Å². The van der Waals surface area contributed by atoms with Gasteiger partial charge in [-0.1, -0.05) is 91.8 Å². The zero-order valence-corrected chi connectivity index (χ0v) is 24.6. The van der Waals surface area contributed by atoms with Gasteiger partial charge >= 0.3 is 37.9 Å².